The monoisotopic (exact) mass is 374 g/mol. The van der Waals surface area contributed by atoms with Crippen molar-refractivity contribution < 1.29 is 14.3 Å². The summed E-state index contributed by atoms with van der Waals surface area (Å²) in [7, 11) is 0. The maximum absolute atomic E-state index is 12.0. The zero-order valence-electron chi connectivity index (χ0n) is 11.7. The molecule has 2 aromatic heterocycles. The second-order valence-electron chi connectivity index (χ2n) is 4.55. The lowest BCUT2D eigenvalue weighted by molar-refractivity contribution is 0.0950. The number of halogens is 1. The van der Waals surface area contributed by atoms with E-state index in [1.807, 2.05) is 0 Å². The topological polar surface area (TPSA) is 104 Å². The molecule has 2 heterocycles. The van der Waals surface area contributed by atoms with E-state index >= 15 is 0 Å². The van der Waals surface area contributed by atoms with Gasteiger partial charge >= 0.3 is 0 Å². The van der Waals surface area contributed by atoms with Gasteiger partial charge in [-0.15, -0.1) is 0 Å². The molecule has 7 nitrogen and oxygen atoms in total. The van der Waals surface area contributed by atoms with Crippen molar-refractivity contribution in [1.29, 1.82) is 0 Å². The summed E-state index contributed by atoms with van der Waals surface area (Å²) in [5.74, 6) is 0.162. The van der Waals surface area contributed by atoms with Gasteiger partial charge in [0.1, 0.15) is 11.4 Å². The Kier molecular flexibility index (Phi) is 4.24. The summed E-state index contributed by atoms with van der Waals surface area (Å²) >= 11 is 3.29. The fraction of sp³-hybridized carbons (Fsp3) is 0. The van der Waals surface area contributed by atoms with Crippen LogP contribution in [0.2, 0.25) is 0 Å². The van der Waals surface area contributed by atoms with Gasteiger partial charge in [-0.1, -0.05) is 15.9 Å². The van der Waals surface area contributed by atoms with E-state index in [-0.39, 0.29) is 11.4 Å². The number of aromatic amines is 1. The van der Waals surface area contributed by atoms with Crippen LogP contribution in [0.5, 0.6) is 5.75 Å². The third-order valence-corrected chi connectivity index (χ3v) is 3.45. The quantitative estimate of drug-likeness (QED) is 0.482. The van der Waals surface area contributed by atoms with Gasteiger partial charge in [-0.05, 0) is 30.3 Å². The van der Waals surface area contributed by atoms with Gasteiger partial charge in [0.25, 0.3) is 5.91 Å². The van der Waals surface area contributed by atoms with Crippen molar-refractivity contribution >= 4 is 28.1 Å². The maximum atomic E-state index is 12.0. The summed E-state index contributed by atoms with van der Waals surface area (Å²) in [6, 6.07) is 9.95. The number of benzene rings is 1. The highest BCUT2D eigenvalue weighted by Crippen LogP contribution is 2.20. The number of hydrogen-bond acceptors (Lipinski definition) is 5. The van der Waals surface area contributed by atoms with Crippen LogP contribution < -0.4 is 5.43 Å². The van der Waals surface area contributed by atoms with Gasteiger partial charge in [-0.25, -0.2) is 5.43 Å². The van der Waals surface area contributed by atoms with Crippen molar-refractivity contribution in [2.75, 3.05) is 0 Å². The largest absolute Gasteiger partial charge is 0.507 e. The standard InChI is InChI=1S/C15H11BrN4O3/c16-10-3-4-13(21)9(6-10)8-17-20-15(22)12-7-11(18-19-12)14-2-1-5-23-14/h1-8,21H,(H,18,19)(H,20,22). The minimum atomic E-state index is -0.482. The molecule has 0 radical (unpaired) electrons. The molecule has 3 rings (SSSR count). The second-order valence-corrected chi connectivity index (χ2v) is 5.46. The molecule has 116 valence electrons. The molecule has 0 atom stereocenters. The summed E-state index contributed by atoms with van der Waals surface area (Å²) in [5, 5.41) is 20.1. The molecule has 3 N–H and O–H groups in total. The van der Waals surface area contributed by atoms with E-state index in [9.17, 15) is 9.90 Å². The highest BCUT2D eigenvalue weighted by Gasteiger charge is 2.12. The van der Waals surface area contributed by atoms with Crippen LogP contribution in [0.1, 0.15) is 16.1 Å². The SMILES string of the molecule is O=C(NN=Cc1cc(Br)ccc1O)c1cc(-c2ccco2)[nH]n1. The first-order chi connectivity index (χ1) is 11.1. The van der Waals surface area contributed by atoms with Gasteiger partial charge < -0.3 is 9.52 Å². The number of nitrogens with one attached hydrogen (secondary N) is 2. The minimum absolute atomic E-state index is 0.0612. The predicted molar refractivity (Wildman–Crippen MR) is 87.2 cm³/mol. The first-order valence-electron chi connectivity index (χ1n) is 6.54. The number of nitrogens with zero attached hydrogens (tertiary/aromatic N) is 2. The number of phenolic OH excluding ortho intramolecular Hbond substituents is 1. The molecule has 0 fully saturated rings. The number of phenols is 1. The summed E-state index contributed by atoms with van der Waals surface area (Å²) in [5.41, 5.74) is 3.58. The highest BCUT2D eigenvalue weighted by molar-refractivity contribution is 9.10. The molecule has 0 aliphatic rings. The van der Waals surface area contributed by atoms with E-state index in [0.29, 0.717) is 17.0 Å². The van der Waals surface area contributed by atoms with Crippen LogP contribution in [0, 0.1) is 0 Å². The predicted octanol–water partition coefficient (Wildman–Crippen LogP) is 2.90. The number of carbonyl (C=O) groups excluding carboxylic acids is 1. The van der Waals surface area contributed by atoms with Crippen LogP contribution >= 0.6 is 15.9 Å². The molecule has 0 aliphatic heterocycles. The first-order valence-corrected chi connectivity index (χ1v) is 7.34. The Morgan fingerprint density at radius 3 is 3.04 bits per heavy atom. The summed E-state index contributed by atoms with van der Waals surface area (Å²) in [6.07, 6.45) is 2.88. The third-order valence-electron chi connectivity index (χ3n) is 2.96. The van der Waals surface area contributed by atoms with Gasteiger partial charge in [0, 0.05) is 16.1 Å². The van der Waals surface area contributed by atoms with Gasteiger partial charge in [-0.2, -0.15) is 10.2 Å². The van der Waals surface area contributed by atoms with Gasteiger partial charge in [0.05, 0.1) is 12.5 Å². The van der Waals surface area contributed by atoms with Gasteiger partial charge in [0.15, 0.2) is 11.5 Å². The van der Waals surface area contributed by atoms with Crippen molar-refractivity contribution in [3.8, 4) is 17.2 Å². The van der Waals surface area contributed by atoms with Crippen molar-refractivity contribution in [3.05, 3.63) is 58.4 Å². The molecule has 23 heavy (non-hydrogen) atoms. The van der Waals surface area contributed by atoms with Gasteiger partial charge in [0.2, 0.25) is 0 Å². The number of rotatable bonds is 4. The molecule has 1 amide bonds. The number of aromatic nitrogens is 2. The molecule has 3 aromatic rings. The zero-order valence-corrected chi connectivity index (χ0v) is 13.2. The van der Waals surface area contributed by atoms with E-state index in [1.54, 1.807) is 30.3 Å². The first kappa shape index (κ1) is 15.0. The smallest absolute Gasteiger partial charge is 0.291 e. The van der Waals surface area contributed by atoms with Crippen molar-refractivity contribution in [2.24, 2.45) is 5.10 Å². The molecule has 0 spiro atoms. The molecule has 0 aliphatic carbocycles. The lowest BCUT2D eigenvalue weighted by atomic mass is 10.2. The Hall–Kier alpha value is -2.87. The van der Waals surface area contributed by atoms with Gasteiger partial charge in [-0.3, -0.25) is 9.89 Å². The Morgan fingerprint density at radius 1 is 1.39 bits per heavy atom. The fourth-order valence-electron chi connectivity index (χ4n) is 1.84. The molecular formula is C15H11BrN4O3. The van der Waals surface area contributed by atoms with Crippen LogP contribution in [-0.4, -0.2) is 27.4 Å². The van der Waals surface area contributed by atoms with Crippen molar-refractivity contribution in [3.63, 3.8) is 0 Å². The van der Waals surface area contributed by atoms with Crippen molar-refractivity contribution in [2.45, 2.75) is 0 Å². The Labute approximate surface area is 139 Å². The van der Waals surface area contributed by atoms with E-state index in [2.05, 4.69) is 36.7 Å². The average Bonchev–Trinajstić information content (AvgIpc) is 3.20. The number of hydrogen-bond donors (Lipinski definition) is 3. The molecule has 0 unspecified atom stereocenters. The van der Waals surface area contributed by atoms with Crippen LogP contribution in [0.15, 0.2) is 56.7 Å². The molecule has 0 saturated carbocycles. The molecule has 8 heteroatoms. The van der Waals surface area contributed by atoms with Crippen LogP contribution in [-0.2, 0) is 0 Å². The second kappa shape index (κ2) is 6.49. The van der Waals surface area contributed by atoms with E-state index in [0.717, 1.165) is 4.47 Å². The number of furan rings is 1. The number of hydrazone groups is 1. The third kappa shape index (κ3) is 3.49. The molecule has 1 aromatic carbocycles. The normalized spacial score (nSPS) is 11.0. The number of carbonyl (C=O) groups is 1. The lowest BCUT2D eigenvalue weighted by Crippen LogP contribution is -2.18. The maximum Gasteiger partial charge on any atom is 0.291 e. The Bertz CT molecular complexity index is 855. The van der Waals surface area contributed by atoms with E-state index < -0.39 is 5.91 Å². The summed E-state index contributed by atoms with van der Waals surface area (Å²) < 4.78 is 6.00. The fourth-order valence-corrected chi connectivity index (χ4v) is 2.22. The number of amides is 1. The average molecular weight is 375 g/mol. The zero-order chi connectivity index (χ0) is 16.2. The summed E-state index contributed by atoms with van der Waals surface area (Å²) in [6.45, 7) is 0. The van der Waals surface area contributed by atoms with Crippen LogP contribution in [0.4, 0.5) is 0 Å². The molecule has 0 saturated heterocycles. The number of aromatic hydroxyl groups is 1. The lowest BCUT2D eigenvalue weighted by Gasteiger charge is -1.99. The van der Waals surface area contributed by atoms with Crippen molar-refractivity contribution in [1.82, 2.24) is 15.6 Å². The molecule has 0 bridgehead atoms. The van der Waals surface area contributed by atoms with E-state index in [4.69, 9.17) is 4.42 Å². The minimum Gasteiger partial charge on any atom is -0.507 e. The molecular weight excluding hydrogens is 364 g/mol. The summed E-state index contributed by atoms with van der Waals surface area (Å²) in [4.78, 5) is 12.0. The van der Waals surface area contributed by atoms with E-state index in [1.165, 1.54) is 18.5 Å². The number of H-pyrrole nitrogens is 1. The van der Waals surface area contributed by atoms with Crippen LogP contribution in [0.3, 0.4) is 0 Å². The van der Waals surface area contributed by atoms with Crippen LogP contribution in [0.25, 0.3) is 11.5 Å². The Balaban J connectivity index is 1.68. The Morgan fingerprint density at radius 2 is 2.26 bits per heavy atom. The highest BCUT2D eigenvalue weighted by atomic mass is 79.9.